The van der Waals surface area contributed by atoms with Gasteiger partial charge < -0.3 is 10.1 Å². The van der Waals surface area contributed by atoms with Gasteiger partial charge in [-0.2, -0.15) is 0 Å². The average Bonchev–Trinajstić information content (AvgIpc) is 2.19. The van der Waals surface area contributed by atoms with E-state index in [1.807, 2.05) is 0 Å². The molecule has 0 aromatic heterocycles. The Kier molecular flexibility index (Phi) is 2.28. The van der Waals surface area contributed by atoms with E-state index in [0.717, 1.165) is 13.1 Å². The Bertz CT molecular complexity index is 133. The highest BCUT2D eigenvalue weighted by Crippen LogP contribution is 2.17. The molecule has 0 amide bonds. The van der Waals surface area contributed by atoms with Crippen LogP contribution in [0.4, 0.5) is 0 Å². The van der Waals surface area contributed by atoms with Gasteiger partial charge in [0, 0.05) is 13.1 Å². The highest BCUT2D eigenvalue weighted by molar-refractivity contribution is 5.88. The predicted octanol–water partition coefficient (Wildman–Crippen LogP) is -0.405. The van der Waals surface area contributed by atoms with Crippen molar-refractivity contribution in [3.05, 3.63) is 0 Å². The van der Waals surface area contributed by atoms with E-state index in [0.29, 0.717) is 12.4 Å². The van der Waals surface area contributed by atoms with E-state index in [2.05, 4.69) is 5.32 Å². The summed E-state index contributed by atoms with van der Waals surface area (Å²) in [5, 5.41) is 3.13. The highest BCUT2D eigenvalue weighted by Gasteiger charge is 2.37. The molecule has 10 heavy (non-hydrogen) atoms. The molecule has 0 aromatic carbocycles. The van der Waals surface area contributed by atoms with Crippen molar-refractivity contribution in [2.24, 2.45) is 5.92 Å². The van der Waals surface area contributed by atoms with Crippen LogP contribution < -0.4 is 5.32 Å². The summed E-state index contributed by atoms with van der Waals surface area (Å²) in [7, 11) is 0. The second kappa shape index (κ2) is 2.86. The summed E-state index contributed by atoms with van der Waals surface area (Å²) >= 11 is 0. The quantitative estimate of drug-likeness (QED) is 0.528. The van der Waals surface area contributed by atoms with E-state index in [-0.39, 0.29) is 24.4 Å². The third-order valence-corrected chi connectivity index (χ3v) is 1.94. The predicted molar refractivity (Wildman–Crippen MR) is 38.4 cm³/mol. The SMILES string of the molecule is Cl.O=C1[C@H]2CNC[C@@H]1OC2. The topological polar surface area (TPSA) is 38.3 Å². The lowest BCUT2D eigenvalue weighted by molar-refractivity contribution is -0.125. The van der Waals surface area contributed by atoms with Gasteiger partial charge in [0.2, 0.25) is 0 Å². The third kappa shape index (κ3) is 1.05. The van der Waals surface area contributed by atoms with Gasteiger partial charge in [-0.1, -0.05) is 0 Å². The summed E-state index contributed by atoms with van der Waals surface area (Å²) in [6.45, 7) is 2.17. The van der Waals surface area contributed by atoms with Gasteiger partial charge in [-0.15, -0.1) is 12.4 Å². The summed E-state index contributed by atoms with van der Waals surface area (Å²) < 4.78 is 5.18. The standard InChI is InChI=1S/C6H9NO2.ClH/c8-6-4-1-7-2-5(6)9-3-4;/h4-5,7H,1-3H2;1H/t4-,5-;/m0./s1. The third-order valence-electron chi connectivity index (χ3n) is 1.94. The van der Waals surface area contributed by atoms with Crippen molar-refractivity contribution in [1.82, 2.24) is 5.32 Å². The van der Waals surface area contributed by atoms with Crippen molar-refractivity contribution < 1.29 is 9.53 Å². The van der Waals surface area contributed by atoms with Crippen LogP contribution in [0.25, 0.3) is 0 Å². The molecule has 0 unspecified atom stereocenters. The molecular weight excluding hydrogens is 154 g/mol. The lowest BCUT2D eigenvalue weighted by Gasteiger charge is -2.15. The molecule has 0 spiro atoms. The minimum Gasteiger partial charge on any atom is -0.368 e. The van der Waals surface area contributed by atoms with Gasteiger partial charge in [0.15, 0.2) is 5.78 Å². The Morgan fingerprint density at radius 1 is 1.50 bits per heavy atom. The first-order valence-corrected chi connectivity index (χ1v) is 3.24. The van der Waals surface area contributed by atoms with Crippen LogP contribution in [0.15, 0.2) is 0 Å². The van der Waals surface area contributed by atoms with Crippen molar-refractivity contribution in [3.8, 4) is 0 Å². The van der Waals surface area contributed by atoms with Gasteiger partial charge in [0.25, 0.3) is 0 Å². The second-order valence-electron chi connectivity index (χ2n) is 2.58. The molecule has 2 heterocycles. The number of hydrogen-bond acceptors (Lipinski definition) is 3. The fraction of sp³-hybridized carbons (Fsp3) is 0.833. The van der Waals surface area contributed by atoms with Gasteiger partial charge in [0.05, 0.1) is 12.5 Å². The first-order chi connectivity index (χ1) is 4.38. The van der Waals surface area contributed by atoms with Crippen LogP contribution in [0, 0.1) is 5.92 Å². The van der Waals surface area contributed by atoms with Crippen molar-refractivity contribution in [2.75, 3.05) is 19.7 Å². The molecule has 0 radical (unpaired) electrons. The summed E-state index contributed by atoms with van der Waals surface area (Å²) in [5.41, 5.74) is 0. The molecule has 0 aliphatic carbocycles. The number of fused-ring (bicyclic) bond motifs is 2. The molecule has 2 rings (SSSR count). The molecule has 2 saturated heterocycles. The molecule has 2 atom stereocenters. The van der Waals surface area contributed by atoms with Gasteiger partial charge >= 0.3 is 0 Å². The number of hydrogen-bond donors (Lipinski definition) is 1. The molecule has 58 valence electrons. The van der Waals surface area contributed by atoms with E-state index < -0.39 is 0 Å². The zero-order valence-corrected chi connectivity index (χ0v) is 6.32. The fourth-order valence-electron chi connectivity index (χ4n) is 1.37. The molecule has 2 aliphatic heterocycles. The van der Waals surface area contributed by atoms with Crippen LogP contribution in [0.5, 0.6) is 0 Å². The van der Waals surface area contributed by atoms with Crippen LogP contribution in [0.3, 0.4) is 0 Å². The Labute approximate surface area is 65.5 Å². The lowest BCUT2D eigenvalue weighted by Crippen LogP contribution is -2.42. The van der Waals surface area contributed by atoms with Gasteiger partial charge in [-0.3, -0.25) is 4.79 Å². The Balaban J connectivity index is 0.000000500. The molecule has 4 heteroatoms. The normalized spacial score (nSPS) is 37.4. The molecule has 0 aromatic rings. The molecule has 2 bridgehead atoms. The summed E-state index contributed by atoms with van der Waals surface area (Å²) in [6, 6.07) is 0. The van der Waals surface area contributed by atoms with Crippen molar-refractivity contribution in [1.29, 1.82) is 0 Å². The number of halogens is 1. The molecule has 3 nitrogen and oxygen atoms in total. The first-order valence-electron chi connectivity index (χ1n) is 3.24. The second-order valence-corrected chi connectivity index (χ2v) is 2.58. The van der Waals surface area contributed by atoms with Crippen LogP contribution in [0.1, 0.15) is 0 Å². The minimum atomic E-state index is -0.122. The van der Waals surface area contributed by atoms with E-state index in [9.17, 15) is 4.79 Å². The summed E-state index contributed by atoms with van der Waals surface area (Å²) in [4.78, 5) is 11.0. The van der Waals surface area contributed by atoms with E-state index in [1.54, 1.807) is 0 Å². The lowest BCUT2D eigenvalue weighted by atomic mass is 10.0. The van der Waals surface area contributed by atoms with E-state index in [1.165, 1.54) is 0 Å². The van der Waals surface area contributed by atoms with E-state index >= 15 is 0 Å². The first kappa shape index (κ1) is 7.98. The smallest absolute Gasteiger partial charge is 0.169 e. The van der Waals surface area contributed by atoms with Crippen LogP contribution in [0.2, 0.25) is 0 Å². The van der Waals surface area contributed by atoms with Crippen molar-refractivity contribution >= 4 is 18.2 Å². The Morgan fingerprint density at radius 3 is 2.90 bits per heavy atom. The highest BCUT2D eigenvalue weighted by atomic mass is 35.5. The Morgan fingerprint density at radius 2 is 2.30 bits per heavy atom. The van der Waals surface area contributed by atoms with Gasteiger partial charge in [-0.05, 0) is 0 Å². The number of rotatable bonds is 0. The molecule has 2 aliphatic rings. The minimum absolute atomic E-state index is 0. The largest absolute Gasteiger partial charge is 0.368 e. The summed E-state index contributed by atoms with van der Waals surface area (Å²) in [5.74, 6) is 0.456. The number of piperidine rings is 1. The van der Waals surface area contributed by atoms with Crippen LogP contribution in [-0.2, 0) is 9.53 Å². The van der Waals surface area contributed by atoms with Crippen molar-refractivity contribution in [3.63, 3.8) is 0 Å². The zero-order chi connectivity index (χ0) is 6.27. The monoisotopic (exact) mass is 163 g/mol. The number of Topliss-reactive ketones (excluding diaryl/α,β-unsaturated/α-hetero) is 1. The number of ketones is 1. The molecule has 1 N–H and O–H groups in total. The maximum absolute atomic E-state index is 11.0. The maximum Gasteiger partial charge on any atom is 0.169 e. The zero-order valence-electron chi connectivity index (χ0n) is 5.50. The molecule has 2 fully saturated rings. The van der Waals surface area contributed by atoms with Gasteiger partial charge in [0.1, 0.15) is 6.10 Å². The average molecular weight is 164 g/mol. The number of ether oxygens (including phenoxy) is 1. The molecule has 0 saturated carbocycles. The van der Waals surface area contributed by atoms with Crippen LogP contribution >= 0.6 is 12.4 Å². The Hall–Kier alpha value is -0.120. The van der Waals surface area contributed by atoms with Gasteiger partial charge in [-0.25, -0.2) is 0 Å². The summed E-state index contributed by atoms with van der Waals surface area (Å²) in [6.07, 6.45) is -0.122. The van der Waals surface area contributed by atoms with E-state index in [4.69, 9.17) is 4.74 Å². The number of carbonyl (C=O) groups excluding carboxylic acids is 1. The maximum atomic E-state index is 11.0. The van der Waals surface area contributed by atoms with Crippen LogP contribution in [-0.4, -0.2) is 31.6 Å². The number of nitrogens with one attached hydrogen (secondary N) is 1. The number of carbonyl (C=O) groups is 1. The van der Waals surface area contributed by atoms with Crippen molar-refractivity contribution in [2.45, 2.75) is 6.10 Å². The molecular formula is C6H10ClNO2. The fourth-order valence-corrected chi connectivity index (χ4v) is 1.37.